The molecule has 3 aromatic rings. The Bertz CT molecular complexity index is 1030. The van der Waals surface area contributed by atoms with Crippen LogP contribution < -0.4 is 15.5 Å². The van der Waals surface area contributed by atoms with Crippen molar-refractivity contribution >= 4 is 40.9 Å². The molecule has 172 valence electrons. The second-order valence-electron chi connectivity index (χ2n) is 8.03. The van der Waals surface area contributed by atoms with Gasteiger partial charge in [-0.15, -0.1) is 0 Å². The van der Waals surface area contributed by atoms with Crippen molar-refractivity contribution in [2.75, 3.05) is 23.3 Å². The van der Waals surface area contributed by atoms with Gasteiger partial charge in [0.15, 0.2) is 10.3 Å². The summed E-state index contributed by atoms with van der Waals surface area (Å²) < 4.78 is 0. The van der Waals surface area contributed by atoms with E-state index in [0.717, 1.165) is 36.8 Å². The fraction of sp³-hybridized carbons (Fsp3) is 0.375. The third kappa shape index (κ3) is 7.10. The summed E-state index contributed by atoms with van der Waals surface area (Å²) in [4.78, 5) is 20.4. The average Bonchev–Trinajstić information content (AvgIpc) is 2.83. The highest BCUT2D eigenvalue weighted by Crippen LogP contribution is 2.29. The molecule has 2 N–H and O–H groups in total. The summed E-state index contributed by atoms with van der Waals surface area (Å²) in [6.07, 6.45) is 9.05. The monoisotopic (exact) mass is 479 g/mol. The van der Waals surface area contributed by atoms with Gasteiger partial charge in [0, 0.05) is 37.6 Å². The lowest BCUT2D eigenvalue weighted by Gasteiger charge is -2.34. The van der Waals surface area contributed by atoms with Gasteiger partial charge in [-0.05, 0) is 74.6 Å². The summed E-state index contributed by atoms with van der Waals surface area (Å²) in [6, 6.07) is 14.7. The predicted octanol–water partition coefficient (Wildman–Crippen LogP) is 4.72. The molecule has 1 aliphatic heterocycles. The molecule has 1 fully saturated rings. The molecular formula is C24H29N7S2. The van der Waals surface area contributed by atoms with Gasteiger partial charge >= 0.3 is 0 Å². The van der Waals surface area contributed by atoms with Crippen molar-refractivity contribution in [1.29, 1.82) is 0 Å². The molecule has 1 unspecified atom stereocenters. The van der Waals surface area contributed by atoms with Gasteiger partial charge in [0.25, 0.3) is 0 Å². The third-order valence-corrected chi connectivity index (χ3v) is 6.58. The number of aromatic nitrogens is 4. The average molecular weight is 480 g/mol. The lowest BCUT2D eigenvalue weighted by atomic mass is 10.0. The third-order valence-electron chi connectivity index (χ3n) is 5.52. The first kappa shape index (κ1) is 23.4. The zero-order chi connectivity index (χ0) is 22.9. The molecule has 0 aliphatic carbocycles. The van der Waals surface area contributed by atoms with Gasteiger partial charge in [0.2, 0.25) is 5.95 Å². The maximum atomic E-state index is 5.51. The van der Waals surface area contributed by atoms with Crippen LogP contribution in [-0.2, 0) is 6.42 Å². The molecule has 0 bridgehead atoms. The highest BCUT2D eigenvalue weighted by atomic mass is 32.2. The molecule has 7 nitrogen and oxygen atoms in total. The van der Waals surface area contributed by atoms with Crippen LogP contribution in [0.3, 0.4) is 0 Å². The molecule has 0 radical (unpaired) electrons. The van der Waals surface area contributed by atoms with E-state index in [1.54, 1.807) is 18.5 Å². The molecule has 1 atom stereocenters. The molecular weight excluding hydrogens is 450 g/mol. The second kappa shape index (κ2) is 11.9. The molecule has 0 saturated carbocycles. The lowest BCUT2D eigenvalue weighted by Crippen LogP contribution is -2.38. The maximum absolute atomic E-state index is 5.51. The van der Waals surface area contributed by atoms with Crippen molar-refractivity contribution in [3.63, 3.8) is 0 Å². The largest absolute Gasteiger partial charge is 0.362 e. The van der Waals surface area contributed by atoms with Gasteiger partial charge in [-0.1, -0.05) is 30.3 Å². The number of nitrogens with zero attached hydrogens (tertiary/aromatic N) is 5. The van der Waals surface area contributed by atoms with Crippen LogP contribution in [0.15, 0.2) is 65.0 Å². The predicted molar refractivity (Wildman–Crippen MR) is 138 cm³/mol. The van der Waals surface area contributed by atoms with Crippen molar-refractivity contribution in [3.8, 4) is 0 Å². The van der Waals surface area contributed by atoms with Crippen LogP contribution in [-0.4, -0.2) is 44.2 Å². The number of hydrogen-bond donors (Lipinski definition) is 2. The molecule has 0 spiro atoms. The van der Waals surface area contributed by atoms with E-state index in [0.29, 0.717) is 22.3 Å². The minimum Gasteiger partial charge on any atom is -0.362 e. The van der Waals surface area contributed by atoms with Crippen LogP contribution >= 0.6 is 24.0 Å². The zero-order valence-corrected chi connectivity index (χ0v) is 20.4. The summed E-state index contributed by atoms with van der Waals surface area (Å²) >= 11 is 6.94. The van der Waals surface area contributed by atoms with Crippen LogP contribution in [0.25, 0.3) is 0 Å². The van der Waals surface area contributed by atoms with Gasteiger partial charge in [-0.25, -0.2) is 15.0 Å². The molecule has 3 heterocycles. The van der Waals surface area contributed by atoms with Gasteiger partial charge in [-0.3, -0.25) is 0 Å². The van der Waals surface area contributed by atoms with Gasteiger partial charge < -0.3 is 15.5 Å². The van der Waals surface area contributed by atoms with Crippen molar-refractivity contribution in [2.45, 2.75) is 55.3 Å². The Morgan fingerprint density at radius 1 is 1.12 bits per heavy atom. The minimum absolute atomic E-state index is 0.440. The Morgan fingerprint density at radius 3 is 2.73 bits per heavy atom. The molecule has 1 aromatic carbocycles. The quantitative estimate of drug-likeness (QED) is 0.206. The van der Waals surface area contributed by atoms with E-state index in [4.69, 9.17) is 17.2 Å². The number of aryl methyl sites for hydroxylation is 1. The molecule has 33 heavy (non-hydrogen) atoms. The fourth-order valence-corrected chi connectivity index (χ4v) is 4.73. The summed E-state index contributed by atoms with van der Waals surface area (Å²) in [6.45, 7) is 4.02. The van der Waals surface area contributed by atoms with Crippen LogP contribution in [0.2, 0.25) is 0 Å². The standard InChI is InChI=1S/C24H29N7S2/c1-18-9-5-6-16-31(18)20-17-21(33-24-26-14-8-15-27-24)29-22(28-20)30-23(32)25-13-7-12-19-10-3-2-4-11-19/h2-4,8,10-11,14-15,17-18H,5-7,9,12-13,16H2,1H3,(H2,25,28,29,30,32). The Morgan fingerprint density at radius 2 is 1.94 bits per heavy atom. The Hall–Kier alpha value is -2.78. The van der Waals surface area contributed by atoms with Crippen LogP contribution in [0.1, 0.15) is 38.2 Å². The summed E-state index contributed by atoms with van der Waals surface area (Å²) in [5.74, 6) is 1.40. The second-order valence-corrected chi connectivity index (χ2v) is 9.43. The van der Waals surface area contributed by atoms with E-state index in [1.807, 2.05) is 12.1 Å². The summed E-state index contributed by atoms with van der Waals surface area (Å²) in [5.41, 5.74) is 1.33. The Labute approximate surface area is 204 Å². The minimum atomic E-state index is 0.440. The number of hydrogen-bond acceptors (Lipinski definition) is 7. The molecule has 2 aromatic heterocycles. The molecule has 4 rings (SSSR count). The first-order valence-electron chi connectivity index (χ1n) is 11.4. The van der Waals surface area contributed by atoms with Crippen LogP contribution in [0.4, 0.5) is 11.8 Å². The lowest BCUT2D eigenvalue weighted by molar-refractivity contribution is 0.480. The molecule has 1 saturated heterocycles. The van der Waals surface area contributed by atoms with E-state index < -0.39 is 0 Å². The fourth-order valence-electron chi connectivity index (χ4n) is 3.82. The van der Waals surface area contributed by atoms with Crippen molar-refractivity contribution in [3.05, 3.63) is 60.4 Å². The zero-order valence-electron chi connectivity index (χ0n) is 18.8. The number of nitrogens with one attached hydrogen (secondary N) is 2. The first-order valence-corrected chi connectivity index (χ1v) is 12.6. The summed E-state index contributed by atoms with van der Waals surface area (Å²) in [5, 5.41) is 8.42. The van der Waals surface area contributed by atoms with E-state index in [-0.39, 0.29) is 0 Å². The van der Waals surface area contributed by atoms with Crippen LogP contribution in [0, 0.1) is 0 Å². The maximum Gasteiger partial charge on any atom is 0.232 e. The first-order chi connectivity index (χ1) is 16.2. The van der Waals surface area contributed by atoms with Crippen LogP contribution in [0.5, 0.6) is 0 Å². The smallest absolute Gasteiger partial charge is 0.232 e. The van der Waals surface area contributed by atoms with E-state index >= 15 is 0 Å². The van der Waals surface area contributed by atoms with E-state index in [1.165, 1.54) is 36.6 Å². The number of anilines is 2. The highest BCUT2D eigenvalue weighted by Gasteiger charge is 2.21. The molecule has 1 aliphatic rings. The molecule has 0 amide bonds. The number of thiocarbonyl (C=S) groups is 1. The Balaban J connectivity index is 1.42. The van der Waals surface area contributed by atoms with Gasteiger partial charge in [0.05, 0.1) is 0 Å². The van der Waals surface area contributed by atoms with Gasteiger partial charge in [0.1, 0.15) is 10.8 Å². The van der Waals surface area contributed by atoms with Crippen molar-refractivity contribution in [1.82, 2.24) is 25.3 Å². The van der Waals surface area contributed by atoms with Gasteiger partial charge in [-0.2, -0.15) is 4.98 Å². The summed E-state index contributed by atoms with van der Waals surface area (Å²) in [7, 11) is 0. The number of rotatable bonds is 8. The Kier molecular flexibility index (Phi) is 8.43. The normalized spacial score (nSPS) is 15.8. The van der Waals surface area contributed by atoms with Crippen molar-refractivity contribution in [2.24, 2.45) is 0 Å². The van der Waals surface area contributed by atoms with Crippen molar-refractivity contribution < 1.29 is 0 Å². The topological polar surface area (TPSA) is 78.9 Å². The van der Waals surface area contributed by atoms with E-state index in [2.05, 4.69) is 61.7 Å². The number of benzene rings is 1. The SMILES string of the molecule is CC1CCCCN1c1cc(Sc2ncccn2)nc(NC(=S)NCCCc2ccccc2)n1. The highest BCUT2D eigenvalue weighted by molar-refractivity contribution is 7.99. The number of piperidine rings is 1. The van der Waals surface area contributed by atoms with E-state index in [9.17, 15) is 0 Å². The molecule has 9 heteroatoms.